The van der Waals surface area contributed by atoms with Gasteiger partial charge in [0.2, 0.25) is 0 Å². The fourth-order valence-corrected chi connectivity index (χ4v) is 2.73. The standard InChI is InChI=1S/C16H15FO/c17-15-10-5-4-9-14(15)16(11-6-12-18-16)13-7-2-1-3-8-13/h1-5,7-10H,6,11-12H2. The van der Waals surface area contributed by atoms with Crippen LogP contribution in [0.4, 0.5) is 4.39 Å². The van der Waals surface area contributed by atoms with Gasteiger partial charge in [0, 0.05) is 12.2 Å². The van der Waals surface area contributed by atoms with Crippen molar-refractivity contribution in [2.75, 3.05) is 6.61 Å². The van der Waals surface area contributed by atoms with Gasteiger partial charge in [0.1, 0.15) is 11.4 Å². The molecule has 0 spiro atoms. The predicted molar refractivity (Wildman–Crippen MR) is 68.8 cm³/mol. The van der Waals surface area contributed by atoms with E-state index in [0.717, 1.165) is 18.4 Å². The predicted octanol–water partition coefficient (Wildman–Crippen LogP) is 3.88. The van der Waals surface area contributed by atoms with Gasteiger partial charge in [-0.1, -0.05) is 48.5 Å². The Balaban J connectivity index is 2.16. The van der Waals surface area contributed by atoms with Crippen LogP contribution in [0.15, 0.2) is 54.6 Å². The summed E-state index contributed by atoms with van der Waals surface area (Å²) in [5.74, 6) is -0.191. The summed E-state index contributed by atoms with van der Waals surface area (Å²) in [6.45, 7) is 0.684. The molecule has 2 aromatic carbocycles. The molecule has 2 aromatic rings. The summed E-state index contributed by atoms with van der Waals surface area (Å²) in [4.78, 5) is 0. The first kappa shape index (κ1) is 11.4. The van der Waals surface area contributed by atoms with Gasteiger partial charge in [-0.15, -0.1) is 0 Å². The van der Waals surface area contributed by atoms with Gasteiger partial charge >= 0.3 is 0 Å². The van der Waals surface area contributed by atoms with Gasteiger partial charge in [-0.25, -0.2) is 4.39 Å². The van der Waals surface area contributed by atoms with Crippen LogP contribution in [0.1, 0.15) is 24.0 Å². The second kappa shape index (κ2) is 4.54. The van der Waals surface area contributed by atoms with Gasteiger partial charge in [0.15, 0.2) is 0 Å². The molecule has 2 heteroatoms. The first-order chi connectivity index (χ1) is 8.83. The van der Waals surface area contributed by atoms with Crippen molar-refractivity contribution in [2.24, 2.45) is 0 Å². The van der Waals surface area contributed by atoms with Crippen molar-refractivity contribution in [1.82, 2.24) is 0 Å². The Morgan fingerprint density at radius 1 is 0.944 bits per heavy atom. The van der Waals surface area contributed by atoms with E-state index in [2.05, 4.69) is 0 Å². The number of benzene rings is 2. The highest BCUT2D eigenvalue weighted by Gasteiger charge is 2.40. The lowest BCUT2D eigenvalue weighted by atomic mass is 9.84. The molecule has 1 nitrogen and oxygen atoms in total. The second-order valence-electron chi connectivity index (χ2n) is 4.62. The molecule has 0 radical (unpaired) electrons. The zero-order valence-corrected chi connectivity index (χ0v) is 10.1. The average Bonchev–Trinajstić information content (AvgIpc) is 2.91. The molecule has 1 atom stereocenters. The van der Waals surface area contributed by atoms with Crippen LogP contribution in [-0.4, -0.2) is 6.61 Å². The average molecular weight is 242 g/mol. The molecule has 1 unspecified atom stereocenters. The van der Waals surface area contributed by atoms with Crippen molar-refractivity contribution in [3.63, 3.8) is 0 Å². The quantitative estimate of drug-likeness (QED) is 0.776. The van der Waals surface area contributed by atoms with Crippen molar-refractivity contribution < 1.29 is 9.13 Å². The molecule has 1 heterocycles. The van der Waals surface area contributed by atoms with E-state index < -0.39 is 5.60 Å². The van der Waals surface area contributed by atoms with Gasteiger partial charge in [-0.2, -0.15) is 0 Å². The zero-order chi connectivity index (χ0) is 12.4. The zero-order valence-electron chi connectivity index (χ0n) is 10.1. The molecule has 0 aliphatic carbocycles. The molecule has 92 valence electrons. The van der Waals surface area contributed by atoms with Gasteiger partial charge in [0.05, 0.1) is 0 Å². The van der Waals surface area contributed by atoms with Crippen LogP contribution < -0.4 is 0 Å². The first-order valence-electron chi connectivity index (χ1n) is 6.27. The lowest BCUT2D eigenvalue weighted by Gasteiger charge is -2.30. The fourth-order valence-electron chi connectivity index (χ4n) is 2.73. The highest BCUT2D eigenvalue weighted by Crippen LogP contribution is 2.42. The number of hydrogen-bond acceptors (Lipinski definition) is 1. The molecular weight excluding hydrogens is 227 g/mol. The van der Waals surface area contributed by atoms with E-state index in [9.17, 15) is 4.39 Å². The van der Waals surface area contributed by atoms with E-state index in [-0.39, 0.29) is 5.82 Å². The molecule has 0 bridgehead atoms. The maximum atomic E-state index is 14.1. The lowest BCUT2D eigenvalue weighted by Crippen LogP contribution is -2.27. The molecule has 18 heavy (non-hydrogen) atoms. The second-order valence-corrected chi connectivity index (χ2v) is 4.62. The van der Waals surface area contributed by atoms with E-state index in [1.54, 1.807) is 6.07 Å². The SMILES string of the molecule is Fc1ccccc1C1(c2ccccc2)CCCO1. The van der Waals surface area contributed by atoms with Gasteiger partial charge in [0.25, 0.3) is 0 Å². The van der Waals surface area contributed by atoms with Crippen LogP contribution in [0.25, 0.3) is 0 Å². The monoisotopic (exact) mass is 242 g/mol. The van der Waals surface area contributed by atoms with Gasteiger partial charge < -0.3 is 4.74 Å². The minimum atomic E-state index is -0.605. The molecule has 3 rings (SSSR count). The van der Waals surface area contributed by atoms with Crippen molar-refractivity contribution in [3.8, 4) is 0 Å². The van der Waals surface area contributed by atoms with Crippen LogP contribution in [0.2, 0.25) is 0 Å². The summed E-state index contributed by atoms with van der Waals surface area (Å²) in [7, 11) is 0. The van der Waals surface area contributed by atoms with Crippen molar-refractivity contribution >= 4 is 0 Å². The maximum Gasteiger partial charge on any atom is 0.129 e. The third-order valence-electron chi connectivity index (χ3n) is 3.57. The molecule has 0 aromatic heterocycles. The molecule has 1 saturated heterocycles. The highest BCUT2D eigenvalue weighted by atomic mass is 19.1. The van der Waals surface area contributed by atoms with Crippen molar-refractivity contribution in [1.29, 1.82) is 0 Å². The fraction of sp³-hybridized carbons (Fsp3) is 0.250. The minimum Gasteiger partial charge on any atom is -0.365 e. The van der Waals surface area contributed by atoms with Crippen LogP contribution in [-0.2, 0) is 10.3 Å². The molecule has 0 saturated carbocycles. The van der Waals surface area contributed by atoms with Crippen LogP contribution >= 0.6 is 0 Å². The van der Waals surface area contributed by atoms with E-state index in [1.807, 2.05) is 42.5 Å². The Morgan fingerprint density at radius 2 is 1.67 bits per heavy atom. The smallest absolute Gasteiger partial charge is 0.129 e. The summed E-state index contributed by atoms with van der Waals surface area (Å²) in [6.07, 6.45) is 1.79. The van der Waals surface area contributed by atoms with E-state index in [4.69, 9.17) is 4.74 Å². The van der Waals surface area contributed by atoms with Crippen molar-refractivity contribution in [2.45, 2.75) is 18.4 Å². The molecule has 1 fully saturated rings. The third-order valence-corrected chi connectivity index (χ3v) is 3.57. The van der Waals surface area contributed by atoms with E-state index >= 15 is 0 Å². The summed E-state index contributed by atoms with van der Waals surface area (Å²) in [6, 6.07) is 16.8. The molecule has 0 N–H and O–H groups in total. The van der Waals surface area contributed by atoms with E-state index in [1.165, 1.54) is 6.07 Å². The maximum absolute atomic E-state index is 14.1. The molecule has 1 aliphatic heterocycles. The third kappa shape index (κ3) is 1.73. The van der Waals surface area contributed by atoms with Gasteiger partial charge in [-0.3, -0.25) is 0 Å². The number of rotatable bonds is 2. The minimum absolute atomic E-state index is 0.191. The largest absolute Gasteiger partial charge is 0.365 e. The highest BCUT2D eigenvalue weighted by molar-refractivity contribution is 5.38. The summed E-state index contributed by atoms with van der Waals surface area (Å²) in [5, 5.41) is 0. The van der Waals surface area contributed by atoms with E-state index in [0.29, 0.717) is 12.2 Å². The normalized spacial score (nSPS) is 23.2. The number of ether oxygens (including phenoxy) is 1. The Hall–Kier alpha value is -1.67. The van der Waals surface area contributed by atoms with Crippen LogP contribution in [0.3, 0.4) is 0 Å². The number of halogens is 1. The lowest BCUT2D eigenvalue weighted by molar-refractivity contribution is 0.0331. The Labute approximate surface area is 106 Å². The van der Waals surface area contributed by atoms with Crippen LogP contribution in [0, 0.1) is 5.82 Å². The number of hydrogen-bond donors (Lipinski definition) is 0. The Bertz CT molecular complexity index is 530. The topological polar surface area (TPSA) is 9.23 Å². The first-order valence-corrected chi connectivity index (χ1v) is 6.27. The molecular formula is C16H15FO. The summed E-state index contributed by atoms with van der Waals surface area (Å²) >= 11 is 0. The Morgan fingerprint density at radius 3 is 2.33 bits per heavy atom. The van der Waals surface area contributed by atoms with Crippen molar-refractivity contribution in [3.05, 3.63) is 71.5 Å². The molecule has 1 aliphatic rings. The summed E-state index contributed by atoms with van der Waals surface area (Å²) < 4.78 is 20.0. The van der Waals surface area contributed by atoms with Crippen LogP contribution in [0.5, 0.6) is 0 Å². The van der Waals surface area contributed by atoms with Gasteiger partial charge in [-0.05, 0) is 24.5 Å². The summed E-state index contributed by atoms with van der Waals surface area (Å²) in [5.41, 5.74) is 1.08. The molecule has 0 amide bonds. The Kier molecular flexibility index (Phi) is 2.88.